The minimum atomic E-state index is -0.405. The van der Waals surface area contributed by atoms with Crippen molar-refractivity contribution in [2.75, 3.05) is 13.7 Å². The molecule has 26 heavy (non-hydrogen) atoms. The zero-order valence-corrected chi connectivity index (χ0v) is 15.2. The highest BCUT2D eigenvalue weighted by Gasteiger charge is 2.32. The van der Waals surface area contributed by atoms with Gasteiger partial charge in [0, 0.05) is 12.1 Å². The van der Waals surface area contributed by atoms with Crippen LogP contribution in [0.3, 0.4) is 0 Å². The fourth-order valence-corrected chi connectivity index (χ4v) is 4.45. The summed E-state index contributed by atoms with van der Waals surface area (Å²) in [5, 5.41) is 0.989. The number of likely N-dealkylation sites (tertiary alicyclic amines) is 1. The Balaban J connectivity index is 1.59. The topological polar surface area (TPSA) is 59.5 Å². The number of hydrogen-bond donors (Lipinski definition) is 0. The maximum absolute atomic E-state index is 13.0. The minimum Gasteiger partial charge on any atom is -0.465 e. The van der Waals surface area contributed by atoms with Crippen molar-refractivity contribution in [2.45, 2.75) is 18.9 Å². The predicted octanol–water partition coefficient (Wildman–Crippen LogP) is 4.06. The second-order valence-electron chi connectivity index (χ2n) is 6.25. The van der Waals surface area contributed by atoms with E-state index in [0.29, 0.717) is 11.1 Å². The summed E-state index contributed by atoms with van der Waals surface area (Å²) in [5.74, 6) is -0.430. The quantitative estimate of drug-likeness (QED) is 0.656. The molecule has 0 N–H and O–H groups in total. The fourth-order valence-electron chi connectivity index (χ4n) is 3.33. The zero-order chi connectivity index (χ0) is 18.1. The van der Waals surface area contributed by atoms with Crippen LogP contribution in [-0.4, -0.2) is 35.4 Å². The molecule has 0 radical (unpaired) electrons. The van der Waals surface area contributed by atoms with Crippen molar-refractivity contribution in [3.05, 3.63) is 64.7 Å². The molecule has 6 heteroatoms. The number of carbonyl (C=O) groups excluding carboxylic acids is 2. The Morgan fingerprint density at radius 3 is 2.58 bits per heavy atom. The van der Waals surface area contributed by atoms with Crippen LogP contribution >= 0.6 is 11.3 Å². The van der Waals surface area contributed by atoms with Gasteiger partial charge in [0.25, 0.3) is 5.91 Å². The van der Waals surface area contributed by atoms with Gasteiger partial charge in [-0.3, -0.25) is 4.79 Å². The summed E-state index contributed by atoms with van der Waals surface area (Å²) in [5.41, 5.74) is 1.99. The van der Waals surface area contributed by atoms with Crippen LogP contribution in [0.2, 0.25) is 0 Å². The van der Waals surface area contributed by atoms with Crippen molar-refractivity contribution in [2.24, 2.45) is 0 Å². The van der Waals surface area contributed by atoms with E-state index in [0.717, 1.165) is 34.6 Å². The molecule has 5 nitrogen and oxygen atoms in total. The second kappa shape index (κ2) is 6.88. The third kappa shape index (κ3) is 2.97. The highest BCUT2D eigenvalue weighted by molar-refractivity contribution is 7.18. The van der Waals surface area contributed by atoms with Gasteiger partial charge >= 0.3 is 5.97 Å². The summed E-state index contributed by atoms with van der Waals surface area (Å²) in [6.07, 6.45) is 1.89. The van der Waals surface area contributed by atoms with E-state index >= 15 is 0 Å². The van der Waals surface area contributed by atoms with Gasteiger partial charge in [0.05, 0.1) is 28.9 Å². The molecule has 0 spiro atoms. The molecule has 132 valence electrons. The van der Waals surface area contributed by atoms with Gasteiger partial charge in [0.1, 0.15) is 5.01 Å². The minimum absolute atomic E-state index is 0.0141. The Morgan fingerprint density at radius 1 is 1.12 bits per heavy atom. The number of carbonyl (C=O) groups is 2. The van der Waals surface area contributed by atoms with Gasteiger partial charge < -0.3 is 9.64 Å². The standard InChI is InChI=1S/C20H18N2O3S/c1-25-20(24)14-10-8-13(9-11-14)19(23)22-12-4-6-16(22)18-21-15-5-2-3-7-17(15)26-18/h2-3,5,7-11,16H,4,6,12H2,1H3/t16-/m1/s1. The Morgan fingerprint density at radius 2 is 1.85 bits per heavy atom. The van der Waals surface area contributed by atoms with Crippen molar-refractivity contribution in [3.63, 3.8) is 0 Å². The molecule has 4 rings (SSSR count). The molecule has 1 amide bonds. The molecule has 0 bridgehead atoms. The van der Waals surface area contributed by atoms with Crippen LogP contribution in [0.1, 0.15) is 44.6 Å². The number of amides is 1. The van der Waals surface area contributed by atoms with E-state index in [9.17, 15) is 9.59 Å². The molecule has 1 aliphatic heterocycles. The summed E-state index contributed by atoms with van der Waals surface area (Å²) in [6, 6.07) is 14.7. The molecular formula is C20H18N2O3S. The van der Waals surface area contributed by atoms with Crippen LogP contribution in [0.15, 0.2) is 48.5 Å². The van der Waals surface area contributed by atoms with E-state index in [1.807, 2.05) is 23.1 Å². The number of nitrogens with zero attached hydrogens (tertiary/aromatic N) is 2. The van der Waals surface area contributed by atoms with Crippen LogP contribution in [-0.2, 0) is 4.74 Å². The number of fused-ring (bicyclic) bond motifs is 1. The van der Waals surface area contributed by atoms with E-state index in [2.05, 4.69) is 6.07 Å². The fraction of sp³-hybridized carbons (Fsp3) is 0.250. The number of hydrogen-bond acceptors (Lipinski definition) is 5. The van der Waals surface area contributed by atoms with Crippen molar-refractivity contribution in [1.29, 1.82) is 0 Å². The molecule has 2 heterocycles. The highest BCUT2D eigenvalue weighted by Crippen LogP contribution is 2.37. The van der Waals surface area contributed by atoms with Gasteiger partial charge in [-0.2, -0.15) is 0 Å². The van der Waals surface area contributed by atoms with Crippen molar-refractivity contribution >= 4 is 33.4 Å². The molecule has 2 aromatic carbocycles. The Labute approximate surface area is 155 Å². The normalized spacial score (nSPS) is 16.8. The van der Waals surface area contributed by atoms with Crippen LogP contribution in [0.4, 0.5) is 0 Å². The first-order valence-corrected chi connectivity index (χ1v) is 9.34. The number of esters is 1. The van der Waals surface area contributed by atoms with Crippen LogP contribution in [0.5, 0.6) is 0 Å². The molecule has 1 saturated heterocycles. The Bertz CT molecular complexity index is 932. The summed E-state index contributed by atoms with van der Waals surface area (Å²) < 4.78 is 5.84. The molecule has 3 aromatic rings. The number of benzene rings is 2. The maximum Gasteiger partial charge on any atom is 0.337 e. The summed E-state index contributed by atoms with van der Waals surface area (Å²) in [4.78, 5) is 31.2. The molecule has 1 atom stereocenters. The number of aromatic nitrogens is 1. The predicted molar refractivity (Wildman–Crippen MR) is 100 cm³/mol. The van der Waals surface area contributed by atoms with E-state index in [1.54, 1.807) is 35.6 Å². The van der Waals surface area contributed by atoms with Gasteiger partial charge in [-0.1, -0.05) is 12.1 Å². The smallest absolute Gasteiger partial charge is 0.337 e. The zero-order valence-electron chi connectivity index (χ0n) is 14.3. The van der Waals surface area contributed by atoms with Crippen LogP contribution in [0.25, 0.3) is 10.2 Å². The maximum atomic E-state index is 13.0. The molecule has 1 aliphatic rings. The summed E-state index contributed by atoms with van der Waals surface area (Å²) in [7, 11) is 1.34. The molecule has 1 aromatic heterocycles. The van der Waals surface area contributed by atoms with Gasteiger partial charge in [0.2, 0.25) is 0 Å². The first-order chi connectivity index (χ1) is 12.7. The van der Waals surface area contributed by atoms with Gasteiger partial charge in [-0.25, -0.2) is 9.78 Å². The Kier molecular flexibility index (Phi) is 4.42. The Hall–Kier alpha value is -2.73. The molecule has 0 unspecified atom stereocenters. The highest BCUT2D eigenvalue weighted by atomic mass is 32.1. The summed E-state index contributed by atoms with van der Waals surface area (Å²) in [6.45, 7) is 0.720. The second-order valence-corrected chi connectivity index (χ2v) is 7.31. The lowest BCUT2D eigenvalue weighted by Gasteiger charge is -2.23. The monoisotopic (exact) mass is 366 g/mol. The van der Waals surface area contributed by atoms with Crippen molar-refractivity contribution < 1.29 is 14.3 Å². The van der Waals surface area contributed by atoms with Crippen molar-refractivity contribution in [3.8, 4) is 0 Å². The number of para-hydroxylation sites is 1. The van der Waals surface area contributed by atoms with Crippen LogP contribution < -0.4 is 0 Å². The molecular weight excluding hydrogens is 348 g/mol. The van der Waals surface area contributed by atoms with Gasteiger partial charge in [0.15, 0.2) is 0 Å². The molecule has 1 fully saturated rings. The third-order valence-corrected chi connectivity index (χ3v) is 5.80. The summed E-state index contributed by atoms with van der Waals surface area (Å²) >= 11 is 1.65. The van der Waals surface area contributed by atoms with E-state index < -0.39 is 5.97 Å². The average Bonchev–Trinajstić information content (AvgIpc) is 3.33. The number of thiazole rings is 1. The first-order valence-electron chi connectivity index (χ1n) is 8.52. The van der Waals surface area contributed by atoms with E-state index in [-0.39, 0.29) is 11.9 Å². The van der Waals surface area contributed by atoms with E-state index in [1.165, 1.54) is 7.11 Å². The third-order valence-electron chi connectivity index (χ3n) is 4.66. The number of ether oxygens (including phenoxy) is 1. The first kappa shape index (κ1) is 16.7. The number of methoxy groups -OCH3 is 1. The van der Waals surface area contributed by atoms with Crippen molar-refractivity contribution in [1.82, 2.24) is 9.88 Å². The number of rotatable bonds is 3. The molecule has 0 saturated carbocycles. The molecule has 0 aliphatic carbocycles. The lowest BCUT2D eigenvalue weighted by molar-refractivity contribution is 0.0599. The largest absolute Gasteiger partial charge is 0.465 e. The van der Waals surface area contributed by atoms with Gasteiger partial charge in [-0.15, -0.1) is 11.3 Å². The van der Waals surface area contributed by atoms with E-state index in [4.69, 9.17) is 9.72 Å². The SMILES string of the molecule is COC(=O)c1ccc(C(=O)N2CCC[C@@H]2c2nc3ccccc3s2)cc1. The van der Waals surface area contributed by atoms with Crippen LogP contribution in [0, 0.1) is 0 Å². The van der Waals surface area contributed by atoms with Gasteiger partial charge in [-0.05, 0) is 49.2 Å². The average molecular weight is 366 g/mol. The lowest BCUT2D eigenvalue weighted by Crippen LogP contribution is -2.30. The lowest BCUT2D eigenvalue weighted by atomic mass is 10.1.